The number of carbonyl (C=O) groups is 1. The molecule has 1 amide bonds. The van der Waals surface area contributed by atoms with E-state index < -0.39 is 6.04 Å². The number of anilines is 2. The lowest BCUT2D eigenvalue weighted by Crippen LogP contribution is -2.37. The maximum atomic E-state index is 11.6. The fraction of sp³-hybridized carbons (Fsp3) is 0.538. The van der Waals surface area contributed by atoms with Crippen LogP contribution in [0.4, 0.5) is 11.5 Å². The van der Waals surface area contributed by atoms with Gasteiger partial charge in [0.15, 0.2) is 0 Å². The predicted octanol–water partition coefficient (Wildman–Crippen LogP) is 0.512. The largest absolute Gasteiger partial charge is 0.378 e. The van der Waals surface area contributed by atoms with Crippen molar-refractivity contribution < 1.29 is 9.53 Å². The van der Waals surface area contributed by atoms with E-state index in [1.54, 1.807) is 6.92 Å². The molecule has 6 nitrogen and oxygen atoms in total. The number of hydrogen-bond acceptors (Lipinski definition) is 5. The normalized spacial score (nSPS) is 17.1. The molecular weight excluding hydrogens is 244 g/mol. The number of hydrogen-bond donors (Lipinski definition) is 2. The number of ether oxygens (including phenoxy) is 1. The second-order valence-corrected chi connectivity index (χ2v) is 4.68. The molecule has 0 radical (unpaired) electrons. The van der Waals surface area contributed by atoms with Gasteiger partial charge in [-0.15, -0.1) is 0 Å². The van der Waals surface area contributed by atoms with Crippen molar-refractivity contribution in [2.24, 2.45) is 5.73 Å². The van der Waals surface area contributed by atoms with E-state index in [-0.39, 0.29) is 5.91 Å². The first-order valence-corrected chi connectivity index (χ1v) is 6.44. The summed E-state index contributed by atoms with van der Waals surface area (Å²) >= 11 is 0. The third-order valence-corrected chi connectivity index (χ3v) is 3.08. The van der Waals surface area contributed by atoms with Crippen molar-refractivity contribution in [1.82, 2.24) is 4.98 Å². The molecule has 0 spiro atoms. The first kappa shape index (κ1) is 13.8. The highest BCUT2D eigenvalue weighted by atomic mass is 16.5. The van der Waals surface area contributed by atoms with Crippen LogP contribution in [0, 0.1) is 6.92 Å². The Morgan fingerprint density at radius 1 is 1.47 bits per heavy atom. The summed E-state index contributed by atoms with van der Waals surface area (Å²) in [5.41, 5.74) is 7.02. The Balaban J connectivity index is 2.10. The number of carbonyl (C=O) groups excluding carboxylic acids is 1. The van der Waals surface area contributed by atoms with Crippen molar-refractivity contribution in [2.75, 3.05) is 36.5 Å². The first-order valence-electron chi connectivity index (χ1n) is 6.44. The van der Waals surface area contributed by atoms with Gasteiger partial charge in [-0.05, 0) is 26.0 Å². The Morgan fingerprint density at radius 3 is 2.74 bits per heavy atom. The lowest BCUT2D eigenvalue weighted by atomic mass is 10.2. The highest BCUT2D eigenvalue weighted by molar-refractivity contribution is 5.94. The van der Waals surface area contributed by atoms with Crippen molar-refractivity contribution in [1.29, 1.82) is 0 Å². The monoisotopic (exact) mass is 264 g/mol. The minimum Gasteiger partial charge on any atom is -0.378 e. The number of morpholine rings is 1. The number of nitrogens with two attached hydrogens (primary N) is 1. The summed E-state index contributed by atoms with van der Waals surface area (Å²) in [7, 11) is 0. The molecule has 104 valence electrons. The molecule has 2 rings (SSSR count). The predicted molar refractivity (Wildman–Crippen MR) is 74.3 cm³/mol. The van der Waals surface area contributed by atoms with Crippen molar-refractivity contribution in [3.8, 4) is 0 Å². The number of rotatable bonds is 3. The molecule has 1 aliphatic rings. The molecule has 0 bridgehead atoms. The Bertz CT molecular complexity index is 456. The fourth-order valence-corrected chi connectivity index (χ4v) is 1.90. The number of pyridine rings is 1. The van der Waals surface area contributed by atoms with Crippen molar-refractivity contribution >= 4 is 17.4 Å². The summed E-state index contributed by atoms with van der Waals surface area (Å²) in [4.78, 5) is 18.3. The topological polar surface area (TPSA) is 80.5 Å². The van der Waals surface area contributed by atoms with Gasteiger partial charge in [0.05, 0.1) is 30.6 Å². The second kappa shape index (κ2) is 5.99. The molecule has 19 heavy (non-hydrogen) atoms. The molecule has 0 saturated carbocycles. The molecule has 0 aliphatic carbocycles. The fourth-order valence-electron chi connectivity index (χ4n) is 1.90. The molecule has 2 heterocycles. The van der Waals surface area contributed by atoms with Gasteiger partial charge < -0.3 is 20.7 Å². The van der Waals surface area contributed by atoms with Gasteiger partial charge >= 0.3 is 0 Å². The zero-order valence-corrected chi connectivity index (χ0v) is 11.3. The maximum absolute atomic E-state index is 11.6. The Morgan fingerprint density at radius 2 is 2.16 bits per heavy atom. The van der Waals surface area contributed by atoms with Crippen LogP contribution in [0.2, 0.25) is 0 Å². The maximum Gasteiger partial charge on any atom is 0.241 e. The molecular formula is C13H20N4O2. The zero-order valence-electron chi connectivity index (χ0n) is 11.3. The highest BCUT2D eigenvalue weighted by Crippen LogP contribution is 2.19. The van der Waals surface area contributed by atoms with E-state index in [2.05, 4.69) is 15.2 Å². The van der Waals surface area contributed by atoms with Crippen molar-refractivity contribution in [2.45, 2.75) is 19.9 Å². The van der Waals surface area contributed by atoms with Gasteiger partial charge in [0, 0.05) is 13.1 Å². The summed E-state index contributed by atoms with van der Waals surface area (Å²) in [6.45, 7) is 6.67. The van der Waals surface area contributed by atoms with Gasteiger partial charge in [-0.1, -0.05) is 0 Å². The Hall–Kier alpha value is -1.66. The quantitative estimate of drug-likeness (QED) is 0.831. The average Bonchev–Trinajstić information content (AvgIpc) is 2.41. The molecule has 6 heteroatoms. The van der Waals surface area contributed by atoms with Crippen LogP contribution in [0.3, 0.4) is 0 Å². The SMILES string of the molecule is Cc1nc(N2CCOCC2)ccc1NC(=O)[C@H](C)N. The van der Waals surface area contributed by atoms with Crippen LogP contribution in [0.5, 0.6) is 0 Å². The van der Waals surface area contributed by atoms with Gasteiger partial charge in [-0.2, -0.15) is 0 Å². The molecule has 1 fully saturated rings. The van der Waals surface area contributed by atoms with Crippen LogP contribution in [-0.2, 0) is 9.53 Å². The van der Waals surface area contributed by atoms with Gasteiger partial charge in [0.2, 0.25) is 5.91 Å². The summed E-state index contributed by atoms with van der Waals surface area (Å²) in [5, 5.41) is 2.77. The molecule has 1 aromatic rings. The van der Waals surface area contributed by atoms with Crippen LogP contribution in [0.15, 0.2) is 12.1 Å². The summed E-state index contributed by atoms with van der Waals surface area (Å²) < 4.78 is 5.31. The third kappa shape index (κ3) is 3.42. The van der Waals surface area contributed by atoms with E-state index in [9.17, 15) is 4.79 Å². The zero-order chi connectivity index (χ0) is 13.8. The molecule has 3 N–H and O–H groups in total. The first-order chi connectivity index (χ1) is 9.08. The van der Waals surface area contributed by atoms with E-state index >= 15 is 0 Å². The number of aryl methyl sites for hydroxylation is 1. The Kier molecular flexibility index (Phi) is 4.34. The standard InChI is InChI=1S/C13H20N4O2/c1-9(14)13(18)16-11-3-4-12(15-10(11)2)17-5-7-19-8-6-17/h3-4,9H,5-8,14H2,1-2H3,(H,16,18)/t9-/m0/s1. The highest BCUT2D eigenvalue weighted by Gasteiger charge is 2.14. The average molecular weight is 264 g/mol. The van der Waals surface area contributed by atoms with Gasteiger partial charge in [-0.3, -0.25) is 4.79 Å². The van der Waals surface area contributed by atoms with E-state index in [1.165, 1.54) is 0 Å². The van der Waals surface area contributed by atoms with Crippen molar-refractivity contribution in [3.05, 3.63) is 17.8 Å². The van der Waals surface area contributed by atoms with E-state index in [1.807, 2.05) is 19.1 Å². The van der Waals surface area contributed by atoms with Crippen LogP contribution >= 0.6 is 0 Å². The molecule has 1 atom stereocenters. The molecule has 0 unspecified atom stereocenters. The van der Waals surface area contributed by atoms with Crippen LogP contribution in [-0.4, -0.2) is 43.2 Å². The Labute approximate surface area is 112 Å². The van der Waals surface area contributed by atoms with Gasteiger partial charge in [0.1, 0.15) is 5.82 Å². The van der Waals surface area contributed by atoms with E-state index in [0.717, 1.165) is 37.8 Å². The molecule has 1 saturated heterocycles. The summed E-state index contributed by atoms with van der Waals surface area (Å²) in [6, 6.07) is 3.25. The number of amides is 1. The summed E-state index contributed by atoms with van der Waals surface area (Å²) in [5.74, 6) is 0.712. The van der Waals surface area contributed by atoms with E-state index in [0.29, 0.717) is 5.69 Å². The van der Waals surface area contributed by atoms with E-state index in [4.69, 9.17) is 10.5 Å². The number of nitrogens with zero attached hydrogens (tertiary/aromatic N) is 2. The molecule has 0 aromatic carbocycles. The van der Waals surface area contributed by atoms with Crippen LogP contribution < -0.4 is 16.0 Å². The second-order valence-electron chi connectivity index (χ2n) is 4.68. The third-order valence-electron chi connectivity index (χ3n) is 3.08. The smallest absolute Gasteiger partial charge is 0.241 e. The lowest BCUT2D eigenvalue weighted by molar-refractivity contribution is -0.117. The minimum absolute atomic E-state index is 0.205. The molecule has 1 aromatic heterocycles. The van der Waals surface area contributed by atoms with Crippen molar-refractivity contribution in [3.63, 3.8) is 0 Å². The lowest BCUT2D eigenvalue weighted by Gasteiger charge is -2.28. The number of nitrogens with one attached hydrogen (secondary N) is 1. The summed E-state index contributed by atoms with van der Waals surface area (Å²) in [6.07, 6.45) is 0. The van der Waals surface area contributed by atoms with Gasteiger partial charge in [0.25, 0.3) is 0 Å². The minimum atomic E-state index is -0.529. The van der Waals surface area contributed by atoms with Crippen LogP contribution in [0.1, 0.15) is 12.6 Å². The van der Waals surface area contributed by atoms with Crippen LogP contribution in [0.25, 0.3) is 0 Å². The number of aromatic nitrogens is 1. The van der Waals surface area contributed by atoms with Gasteiger partial charge in [-0.25, -0.2) is 4.98 Å². The molecule has 1 aliphatic heterocycles.